The molecule has 0 heterocycles. The zero-order chi connectivity index (χ0) is 15.1. The smallest absolute Gasteiger partial charge is 0.264 e. The highest BCUT2D eigenvalue weighted by Crippen LogP contribution is 2.18. The second-order valence-corrected chi connectivity index (χ2v) is 6.25. The summed E-state index contributed by atoms with van der Waals surface area (Å²) in [5, 5.41) is 0. The normalized spacial score (nSPS) is 13.4. The first-order valence-electron chi connectivity index (χ1n) is 6.52. The van der Waals surface area contributed by atoms with Crippen LogP contribution in [0, 0.1) is 0 Å². The number of aliphatic imine (C=N–C) groups is 1. The topological polar surface area (TPSA) is 55.7 Å². The number of nitrogens with zero attached hydrogens (tertiary/aromatic N) is 1. The van der Waals surface area contributed by atoms with Crippen LogP contribution in [0.15, 0.2) is 65.7 Å². The summed E-state index contributed by atoms with van der Waals surface area (Å²) in [5.74, 6) is 0. The van der Waals surface area contributed by atoms with Gasteiger partial charge in [0, 0.05) is 6.21 Å². The first-order valence-corrected chi connectivity index (χ1v) is 8.34. The zero-order valence-corrected chi connectivity index (χ0v) is 12.5. The summed E-state index contributed by atoms with van der Waals surface area (Å²) in [6.45, 7) is -0.00776. The molecule has 21 heavy (non-hydrogen) atoms. The molecule has 0 aliphatic heterocycles. The molecule has 110 valence electrons. The molecule has 0 unspecified atom stereocenters. The van der Waals surface area contributed by atoms with Gasteiger partial charge in [-0.15, -0.1) is 0 Å². The van der Waals surface area contributed by atoms with Crippen molar-refractivity contribution in [1.29, 1.82) is 0 Å². The Bertz CT molecular complexity index is 682. The molecule has 0 aliphatic rings. The monoisotopic (exact) mass is 303 g/mol. The average Bonchev–Trinajstić information content (AvgIpc) is 2.48. The summed E-state index contributed by atoms with van der Waals surface area (Å²) >= 11 is 0. The predicted octanol–water partition coefficient (Wildman–Crippen LogP) is 2.82. The molecular weight excluding hydrogens is 286 g/mol. The maximum absolute atomic E-state index is 11.2. The van der Waals surface area contributed by atoms with E-state index in [-0.39, 0.29) is 12.6 Å². The quantitative estimate of drug-likeness (QED) is 0.609. The Labute approximate surface area is 125 Å². The van der Waals surface area contributed by atoms with Gasteiger partial charge >= 0.3 is 0 Å². The van der Waals surface area contributed by atoms with E-state index < -0.39 is 10.1 Å². The number of rotatable bonds is 6. The maximum atomic E-state index is 11.2. The van der Waals surface area contributed by atoms with Gasteiger partial charge in [-0.3, -0.25) is 9.18 Å². The summed E-state index contributed by atoms with van der Waals surface area (Å²) in [6.07, 6.45) is 2.76. The third kappa shape index (κ3) is 5.49. The predicted molar refractivity (Wildman–Crippen MR) is 84.0 cm³/mol. The van der Waals surface area contributed by atoms with Gasteiger partial charge in [0.15, 0.2) is 0 Å². The van der Waals surface area contributed by atoms with E-state index in [1.165, 1.54) is 0 Å². The van der Waals surface area contributed by atoms with E-state index in [9.17, 15) is 8.42 Å². The van der Waals surface area contributed by atoms with E-state index in [1.54, 1.807) is 6.21 Å². The minimum atomic E-state index is -3.48. The minimum Gasteiger partial charge on any atom is -0.282 e. The number of hydrogen-bond acceptors (Lipinski definition) is 4. The van der Waals surface area contributed by atoms with Crippen LogP contribution in [0.25, 0.3) is 0 Å². The van der Waals surface area contributed by atoms with Crippen molar-refractivity contribution in [1.82, 2.24) is 0 Å². The summed E-state index contributed by atoms with van der Waals surface area (Å²) in [5.41, 5.74) is 1.87. The van der Waals surface area contributed by atoms with Crippen LogP contribution in [-0.4, -0.2) is 27.5 Å². The summed E-state index contributed by atoms with van der Waals surface area (Å²) < 4.78 is 27.2. The van der Waals surface area contributed by atoms with Gasteiger partial charge in [-0.05, 0) is 11.1 Å². The third-order valence-corrected chi connectivity index (χ3v) is 3.39. The molecule has 0 N–H and O–H groups in total. The largest absolute Gasteiger partial charge is 0.282 e. The van der Waals surface area contributed by atoms with Gasteiger partial charge in [0.05, 0.1) is 18.9 Å². The molecule has 0 saturated heterocycles. The molecule has 5 heteroatoms. The van der Waals surface area contributed by atoms with Crippen LogP contribution in [0.1, 0.15) is 17.2 Å². The molecule has 2 rings (SSSR count). The van der Waals surface area contributed by atoms with E-state index in [1.807, 2.05) is 60.7 Å². The van der Waals surface area contributed by atoms with E-state index in [2.05, 4.69) is 4.99 Å². The fraction of sp³-hybridized carbons (Fsp3) is 0.188. The van der Waals surface area contributed by atoms with Gasteiger partial charge in [0.1, 0.15) is 0 Å². The van der Waals surface area contributed by atoms with Crippen LogP contribution in [0.5, 0.6) is 0 Å². The number of benzene rings is 2. The molecule has 0 aliphatic carbocycles. The van der Waals surface area contributed by atoms with Crippen molar-refractivity contribution in [2.45, 2.75) is 6.04 Å². The van der Waals surface area contributed by atoms with Crippen LogP contribution in [-0.2, 0) is 14.3 Å². The SMILES string of the molecule is CS(=O)(=O)OC[C@H](/N=C/c1ccccc1)c1ccccc1. The van der Waals surface area contributed by atoms with E-state index in [0.29, 0.717) is 0 Å². The van der Waals surface area contributed by atoms with E-state index in [0.717, 1.165) is 17.4 Å². The molecular formula is C16H17NO3S. The summed E-state index contributed by atoms with van der Waals surface area (Å²) in [4.78, 5) is 4.45. The lowest BCUT2D eigenvalue weighted by Crippen LogP contribution is -2.11. The van der Waals surface area contributed by atoms with Crippen molar-refractivity contribution in [2.24, 2.45) is 4.99 Å². The molecule has 0 bridgehead atoms. The Kier molecular flexibility index (Phi) is 5.25. The van der Waals surface area contributed by atoms with Crippen LogP contribution in [0.4, 0.5) is 0 Å². The molecule has 0 amide bonds. The van der Waals surface area contributed by atoms with Crippen molar-refractivity contribution in [3.05, 3.63) is 71.8 Å². The molecule has 2 aromatic rings. The standard InChI is InChI=1S/C16H17NO3S/c1-21(18,19)20-13-16(15-10-6-3-7-11-15)17-12-14-8-4-2-5-9-14/h2-12,16H,13H2,1H3/b17-12+/t16-/m0/s1. The van der Waals surface area contributed by atoms with Crippen molar-refractivity contribution in [3.8, 4) is 0 Å². The Morgan fingerprint density at radius 1 is 1.05 bits per heavy atom. The fourth-order valence-electron chi connectivity index (χ4n) is 1.80. The second kappa shape index (κ2) is 7.15. The Hall–Kier alpha value is -1.98. The van der Waals surface area contributed by atoms with Crippen molar-refractivity contribution in [2.75, 3.05) is 12.9 Å². The highest BCUT2D eigenvalue weighted by atomic mass is 32.2. The van der Waals surface area contributed by atoms with E-state index >= 15 is 0 Å². The highest BCUT2D eigenvalue weighted by Gasteiger charge is 2.12. The summed E-state index contributed by atoms with van der Waals surface area (Å²) in [6, 6.07) is 18.8. The maximum Gasteiger partial charge on any atom is 0.264 e. The molecule has 4 nitrogen and oxygen atoms in total. The van der Waals surface area contributed by atoms with Crippen LogP contribution in [0.3, 0.4) is 0 Å². The minimum absolute atomic E-state index is 0.00776. The van der Waals surface area contributed by atoms with Crippen molar-refractivity contribution < 1.29 is 12.6 Å². The van der Waals surface area contributed by atoms with Gasteiger partial charge in [0.2, 0.25) is 0 Å². The lowest BCUT2D eigenvalue weighted by Gasteiger charge is -2.12. The van der Waals surface area contributed by atoms with Gasteiger partial charge in [0.25, 0.3) is 10.1 Å². The highest BCUT2D eigenvalue weighted by molar-refractivity contribution is 7.85. The van der Waals surface area contributed by atoms with Crippen molar-refractivity contribution in [3.63, 3.8) is 0 Å². The Morgan fingerprint density at radius 3 is 2.19 bits per heavy atom. The number of hydrogen-bond donors (Lipinski definition) is 0. The molecule has 0 saturated carbocycles. The fourth-order valence-corrected chi connectivity index (χ4v) is 2.18. The molecule has 0 fully saturated rings. The van der Waals surface area contributed by atoms with Crippen molar-refractivity contribution >= 4 is 16.3 Å². The average molecular weight is 303 g/mol. The van der Waals surface area contributed by atoms with Gasteiger partial charge < -0.3 is 0 Å². The lowest BCUT2D eigenvalue weighted by molar-refractivity contribution is 0.298. The van der Waals surface area contributed by atoms with Gasteiger partial charge in [-0.2, -0.15) is 8.42 Å². The van der Waals surface area contributed by atoms with E-state index in [4.69, 9.17) is 4.18 Å². The molecule has 2 aromatic carbocycles. The third-order valence-electron chi connectivity index (χ3n) is 2.83. The van der Waals surface area contributed by atoms with Crippen LogP contribution < -0.4 is 0 Å². The molecule has 0 spiro atoms. The zero-order valence-electron chi connectivity index (χ0n) is 11.7. The molecule has 0 radical (unpaired) electrons. The first kappa shape index (κ1) is 15.4. The van der Waals surface area contributed by atoms with Crippen LogP contribution in [0.2, 0.25) is 0 Å². The Morgan fingerprint density at radius 2 is 1.62 bits per heavy atom. The molecule has 0 aromatic heterocycles. The second-order valence-electron chi connectivity index (χ2n) is 4.60. The molecule has 1 atom stereocenters. The lowest BCUT2D eigenvalue weighted by atomic mass is 10.1. The van der Waals surface area contributed by atoms with Gasteiger partial charge in [-0.1, -0.05) is 60.7 Å². The Balaban J connectivity index is 2.18. The first-order chi connectivity index (χ1) is 10.0. The van der Waals surface area contributed by atoms with Gasteiger partial charge in [-0.25, -0.2) is 0 Å². The summed E-state index contributed by atoms with van der Waals surface area (Å²) in [7, 11) is -3.48. The van der Waals surface area contributed by atoms with Crippen LogP contribution >= 0.6 is 0 Å².